The Morgan fingerprint density at radius 2 is 1.85 bits per heavy atom. The van der Waals surface area contributed by atoms with Crippen LogP contribution in [0.4, 0.5) is 4.79 Å². The molecule has 2 heterocycles. The van der Waals surface area contributed by atoms with Crippen molar-refractivity contribution in [1.29, 1.82) is 0 Å². The van der Waals surface area contributed by atoms with E-state index in [0.29, 0.717) is 38.4 Å². The van der Waals surface area contributed by atoms with E-state index in [2.05, 4.69) is 5.32 Å². The first kappa shape index (κ1) is 18.5. The van der Waals surface area contributed by atoms with E-state index in [0.717, 1.165) is 5.56 Å². The number of hydrogen-bond acceptors (Lipinski definition) is 4. The minimum atomic E-state index is -3.24. The lowest BCUT2D eigenvalue weighted by atomic mass is 10.0. The molecule has 0 bridgehead atoms. The van der Waals surface area contributed by atoms with Gasteiger partial charge in [-0.2, -0.15) is 0 Å². The zero-order valence-corrected chi connectivity index (χ0v) is 15.5. The van der Waals surface area contributed by atoms with Gasteiger partial charge in [0.15, 0.2) is 0 Å². The predicted molar refractivity (Wildman–Crippen MR) is 98.1 cm³/mol. The Morgan fingerprint density at radius 3 is 2.50 bits per heavy atom. The van der Waals surface area contributed by atoms with Crippen LogP contribution >= 0.6 is 0 Å². The predicted octanol–water partition coefficient (Wildman–Crippen LogP) is 2.05. The molecule has 0 radical (unpaired) electrons. The number of rotatable bonds is 4. The Hall–Kier alpha value is -2.32. The van der Waals surface area contributed by atoms with E-state index >= 15 is 0 Å². The first-order chi connectivity index (χ1) is 12.4. The smallest absolute Gasteiger partial charge is 0.318 e. The first-order valence-electron chi connectivity index (χ1n) is 8.54. The van der Waals surface area contributed by atoms with Gasteiger partial charge in [-0.15, -0.1) is 0 Å². The van der Waals surface area contributed by atoms with Crippen LogP contribution in [0, 0.1) is 0 Å². The van der Waals surface area contributed by atoms with Gasteiger partial charge >= 0.3 is 6.03 Å². The molecule has 0 saturated carbocycles. The van der Waals surface area contributed by atoms with Crippen LogP contribution in [0.3, 0.4) is 0 Å². The summed E-state index contributed by atoms with van der Waals surface area (Å²) in [6.07, 6.45) is 3.38. The van der Waals surface area contributed by atoms with Crippen molar-refractivity contribution < 1.29 is 17.6 Å². The van der Waals surface area contributed by atoms with Gasteiger partial charge in [0.25, 0.3) is 0 Å². The molecule has 0 unspecified atom stereocenters. The quantitative estimate of drug-likeness (QED) is 0.884. The highest BCUT2D eigenvalue weighted by Crippen LogP contribution is 2.22. The van der Waals surface area contributed by atoms with Gasteiger partial charge < -0.3 is 14.6 Å². The highest BCUT2D eigenvalue weighted by Gasteiger charge is 2.26. The lowest BCUT2D eigenvalue weighted by molar-refractivity contribution is 0.196. The van der Waals surface area contributed by atoms with E-state index in [4.69, 9.17) is 4.42 Å². The molecule has 0 spiro atoms. The molecule has 140 valence electrons. The lowest BCUT2D eigenvalue weighted by Crippen LogP contribution is -2.44. The summed E-state index contributed by atoms with van der Waals surface area (Å²) >= 11 is 0. The molecule has 26 heavy (non-hydrogen) atoms. The van der Waals surface area contributed by atoms with Crippen molar-refractivity contribution in [2.45, 2.75) is 12.5 Å². The highest BCUT2D eigenvalue weighted by molar-refractivity contribution is 7.88. The van der Waals surface area contributed by atoms with Crippen LogP contribution < -0.4 is 5.32 Å². The fourth-order valence-corrected chi connectivity index (χ4v) is 3.94. The second kappa shape index (κ2) is 7.92. The van der Waals surface area contributed by atoms with Gasteiger partial charge in [0.2, 0.25) is 10.0 Å². The third kappa shape index (κ3) is 4.44. The molecule has 0 aliphatic carbocycles. The van der Waals surface area contributed by atoms with Crippen LogP contribution in [0.15, 0.2) is 53.1 Å². The molecule has 2 amide bonds. The van der Waals surface area contributed by atoms with E-state index in [-0.39, 0.29) is 6.03 Å². The SMILES string of the molecule is CS(=O)(=O)N1CCCN(C(=O)N[C@@H](c2ccccc2)c2ccco2)CC1. The third-order valence-electron chi connectivity index (χ3n) is 4.44. The number of carbonyl (C=O) groups excluding carboxylic acids is 1. The number of carbonyl (C=O) groups is 1. The van der Waals surface area contributed by atoms with Crippen molar-refractivity contribution >= 4 is 16.1 Å². The molecule has 1 aliphatic heterocycles. The van der Waals surface area contributed by atoms with Crippen molar-refractivity contribution in [3.63, 3.8) is 0 Å². The number of amides is 2. The molecule has 2 aromatic rings. The van der Waals surface area contributed by atoms with Gasteiger partial charge in [0.05, 0.1) is 12.5 Å². The van der Waals surface area contributed by atoms with Gasteiger partial charge in [-0.25, -0.2) is 17.5 Å². The molecule has 1 N–H and O–H groups in total. The molecule has 1 aliphatic rings. The summed E-state index contributed by atoms with van der Waals surface area (Å²) < 4.78 is 30.4. The zero-order valence-electron chi connectivity index (χ0n) is 14.7. The van der Waals surface area contributed by atoms with Gasteiger partial charge in [0.1, 0.15) is 11.8 Å². The Morgan fingerprint density at radius 1 is 1.08 bits per heavy atom. The molecule has 1 saturated heterocycles. The van der Waals surface area contributed by atoms with Crippen molar-refractivity contribution in [2.75, 3.05) is 32.4 Å². The van der Waals surface area contributed by atoms with Gasteiger partial charge in [-0.05, 0) is 24.1 Å². The fourth-order valence-electron chi connectivity index (χ4n) is 3.06. The van der Waals surface area contributed by atoms with Crippen LogP contribution in [0.25, 0.3) is 0 Å². The number of hydrogen-bond donors (Lipinski definition) is 1. The summed E-state index contributed by atoms with van der Waals surface area (Å²) in [6.45, 7) is 1.61. The maximum absolute atomic E-state index is 12.8. The molecule has 1 aromatic carbocycles. The third-order valence-corrected chi connectivity index (χ3v) is 5.74. The average Bonchev–Trinajstić information content (AvgIpc) is 3.02. The van der Waals surface area contributed by atoms with E-state index in [9.17, 15) is 13.2 Å². The van der Waals surface area contributed by atoms with Crippen LogP contribution in [0.5, 0.6) is 0 Å². The number of nitrogens with zero attached hydrogens (tertiary/aromatic N) is 2. The van der Waals surface area contributed by atoms with Gasteiger partial charge in [-0.1, -0.05) is 30.3 Å². The van der Waals surface area contributed by atoms with E-state index < -0.39 is 16.1 Å². The fraction of sp³-hybridized carbons (Fsp3) is 0.389. The molecule has 1 fully saturated rings. The van der Waals surface area contributed by atoms with Crippen molar-refractivity contribution in [1.82, 2.24) is 14.5 Å². The Bertz CT molecular complexity index is 821. The maximum atomic E-state index is 12.8. The molecule has 1 aromatic heterocycles. The Kier molecular flexibility index (Phi) is 5.63. The van der Waals surface area contributed by atoms with Crippen molar-refractivity contribution in [3.8, 4) is 0 Å². The van der Waals surface area contributed by atoms with Crippen LogP contribution in [-0.2, 0) is 10.0 Å². The minimum absolute atomic E-state index is 0.231. The number of benzene rings is 1. The summed E-state index contributed by atoms with van der Waals surface area (Å²) in [4.78, 5) is 14.4. The Balaban J connectivity index is 1.72. The van der Waals surface area contributed by atoms with Crippen molar-refractivity contribution in [3.05, 3.63) is 60.1 Å². The van der Waals surface area contributed by atoms with Crippen LogP contribution in [0.1, 0.15) is 23.8 Å². The maximum Gasteiger partial charge on any atom is 0.318 e. The molecule has 1 atom stereocenters. The standard InChI is InChI=1S/C18H23N3O4S/c1-26(23,24)21-11-6-10-20(12-13-21)18(22)19-17(16-9-5-14-25-16)15-7-3-2-4-8-15/h2-5,7-9,14,17H,6,10-13H2,1H3,(H,19,22)/t17-/m0/s1. The second-order valence-electron chi connectivity index (χ2n) is 6.31. The first-order valence-corrected chi connectivity index (χ1v) is 10.4. The monoisotopic (exact) mass is 377 g/mol. The van der Waals surface area contributed by atoms with Crippen molar-refractivity contribution in [2.24, 2.45) is 0 Å². The van der Waals surface area contributed by atoms with E-state index in [1.165, 1.54) is 10.6 Å². The minimum Gasteiger partial charge on any atom is -0.467 e. The summed E-state index contributed by atoms with van der Waals surface area (Å²) in [6, 6.07) is 12.6. The largest absolute Gasteiger partial charge is 0.467 e. The molecular weight excluding hydrogens is 354 g/mol. The molecule has 8 heteroatoms. The number of sulfonamides is 1. The normalized spacial score (nSPS) is 17.5. The highest BCUT2D eigenvalue weighted by atomic mass is 32.2. The van der Waals surface area contributed by atoms with E-state index in [1.54, 1.807) is 17.2 Å². The molecule has 7 nitrogen and oxygen atoms in total. The molecule has 3 rings (SSSR count). The van der Waals surface area contributed by atoms with Crippen LogP contribution in [-0.4, -0.2) is 56.1 Å². The number of nitrogens with one attached hydrogen (secondary N) is 1. The lowest BCUT2D eigenvalue weighted by Gasteiger charge is -2.25. The van der Waals surface area contributed by atoms with Gasteiger partial charge in [0, 0.05) is 26.2 Å². The number of furan rings is 1. The summed E-state index contributed by atoms with van der Waals surface area (Å²) in [5.41, 5.74) is 0.920. The van der Waals surface area contributed by atoms with Gasteiger partial charge in [-0.3, -0.25) is 0 Å². The zero-order chi connectivity index (χ0) is 18.6. The summed E-state index contributed by atoms with van der Waals surface area (Å²) in [5.74, 6) is 0.650. The molecular formula is C18H23N3O4S. The Labute approximate surface area is 153 Å². The summed E-state index contributed by atoms with van der Waals surface area (Å²) in [5, 5.41) is 3.01. The second-order valence-corrected chi connectivity index (χ2v) is 8.29. The number of urea groups is 1. The summed E-state index contributed by atoms with van der Waals surface area (Å²) in [7, 11) is -3.24. The average molecular weight is 377 g/mol. The van der Waals surface area contributed by atoms with Crippen LogP contribution in [0.2, 0.25) is 0 Å². The topological polar surface area (TPSA) is 82.9 Å². The van der Waals surface area contributed by atoms with E-state index in [1.807, 2.05) is 36.4 Å².